The summed E-state index contributed by atoms with van der Waals surface area (Å²) < 4.78 is 0. The predicted molar refractivity (Wildman–Crippen MR) is 126 cm³/mol. The highest BCUT2D eigenvalue weighted by Crippen LogP contribution is 2.42. The highest BCUT2D eigenvalue weighted by Gasteiger charge is 2.35. The summed E-state index contributed by atoms with van der Waals surface area (Å²) in [5.74, 6) is 0.971. The number of piperidine rings is 1. The number of H-pyrrole nitrogens is 1. The lowest BCUT2D eigenvalue weighted by atomic mass is 9.93. The number of hydrogen-bond donors (Lipinski definition) is 2. The molecule has 3 aromatic rings. The molecule has 6 rings (SSSR count). The van der Waals surface area contributed by atoms with Gasteiger partial charge in [0.05, 0.1) is 41.0 Å². The smallest absolute Gasteiger partial charge is 0.226 e. The molecule has 32 heavy (non-hydrogen) atoms. The van der Waals surface area contributed by atoms with Crippen molar-refractivity contribution in [2.24, 2.45) is 5.92 Å². The molecule has 7 nitrogen and oxygen atoms in total. The molecule has 0 atom stereocenters. The van der Waals surface area contributed by atoms with Crippen LogP contribution in [0.5, 0.6) is 0 Å². The van der Waals surface area contributed by atoms with E-state index in [-0.39, 0.29) is 11.8 Å². The van der Waals surface area contributed by atoms with Crippen LogP contribution >= 0.6 is 11.6 Å². The third-order valence-electron chi connectivity index (χ3n) is 7.23. The minimum atomic E-state index is 0.0523. The molecule has 2 fully saturated rings. The molecule has 4 heterocycles. The maximum atomic E-state index is 13.3. The van der Waals surface area contributed by atoms with Crippen LogP contribution in [-0.2, 0) is 17.8 Å². The van der Waals surface area contributed by atoms with Crippen molar-refractivity contribution < 1.29 is 4.79 Å². The van der Waals surface area contributed by atoms with Gasteiger partial charge in [-0.2, -0.15) is 5.10 Å². The number of hydrogen-bond acceptors (Lipinski definition) is 5. The van der Waals surface area contributed by atoms with E-state index in [9.17, 15) is 4.79 Å². The fourth-order valence-corrected chi connectivity index (χ4v) is 5.53. The van der Waals surface area contributed by atoms with Crippen molar-refractivity contribution in [2.45, 2.75) is 44.6 Å². The number of nitrogens with zero attached hydrogens (tertiary/aromatic N) is 4. The lowest BCUT2D eigenvalue weighted by Crippen LogP contribution is -2.44. The standard InChI is InChI=1S/C24H27ClN6O/c25-16-3-4-20-18(11-16)23(19(26)12-27-20)30-8-5-15(6-9-30)24(32)31-10-7-17-21(13-31)28-29-22(17)14-1-2-14/h3-4,11-12,14-15H,1-2,5-10,13,26H2,(H,28,29). The van der Waals surface area contributed by atoms with E-state index in [4.69, 9.17) is 17.3 Å². The number of benzene rings is 1. The van der Waals surface area contributed by atoms with Crippen LogP contribution in [0.4, 0.5) is 11.4 Å². The Kier molecular flexibility index (Phi) is 4.75. The molecule has 2 aliphatic heterocycles. The fourth-order valence-electron chi connectivity index (χ4n) is 5.35. The van der Waals surface area contributed by atoms with Crippen molar-refractivity contribution in [3.8, 4) is 0 Å². The third-order valence-corrected chi connectivity index (χ3v) is 7.47. The number of aromatic nitrogens is 3. The number of rotatable bonds is 3. The van der Waals surface area contributed by atoms with Gasteiger partial charge in [0.2, 0.25) is 5.91 Å². The summed E-state index contributed by atoms with van der Waals surface area (Å²) in [4.78, 5) is 22.0. The quantitative estimate of drug-likeness (QED) is 0.632. The molecule has 1 amide bonds. The van der Waals surface area contributed by atoms with Gasteiger partial charge in [-0.1, -0.05) is 11.6 Å². The summed E-state index contributed by atoms with van der Waals surface area (Å²) >= 11 is 6.25. The molecule has 1 saturated heterocycles. The zero-order valence-corrected chi connectivity index (χ0v) is 18.7. The number of amides is 1. The van der Waals surface area contributed by atoms with Gasteiger partial charge in [-0.3, -0.25) is 14.9 Å². The number of aromatic amines is 1. The van der Waals surface area contributed by atoms with Gasteiger partial charge in [-0.05, 0) is 50.3 Å². The normalized spacial score (nSPS) is 19.4. The lowest BCUT2D eigenvalue weighted by molar-refractivity contribution is -0.137. The number of nitrogen functional groups attached to an aromatic ring is 1. The van der Waals surface area contributed by atoms with Gasteiger partial charge in [-0.25, -0.2) is 0 Å². The molecule has 0 radical (unpaired) electrons. The van der Waals surface area contributed by atoms with Crippen LogP contribution in [0.2, 0.25) is 5.02 Å². The largest absolute Gasteiger partial charge is 0.396 e. The van der Waals surface area contributed by atoms with E-state index in [2.05, 4.69) is 20.1 Å². The van der Waals surface area contributed by atoms with E-state index < -0.39 is 0 Å². The average Bonchev–Trinajstić information content (AvgIpc) is 3.57. The minimum absolute atomic E-state index is 0.0523. The maximum absolute atomic E-state index is 13.3. The summed E-state index contributed by atoms with van der Waals surface area (Å²) in [5.41, 5.74) is 12.6. The van der Waals surface area contributed by atoms with Crippen LogP contribution < -0.4 is 10.6 Å². The molecule has 166 valence electrons. The fraction of sp³-hybridized carbons (Fsp3) is 0.458. The van der Waals surface area contributed by atoms with E-state index >= 15 is 0 Å². The average molecular weight is 451 g/mol. The number of anilines is 2. The summed E-state index contributed by atoms with van der Waals surface area (Å²) in [5, 5.41) is 9.40. The molecule has 0 unspecified atom stereocenters. The maximum Gasteiger partial charge on any atom is 0.226 e. The number of halogens is 1. The van der Waals surface area contributed by atoms with Gasteiger partial charge in [0.25, 0.3) is 0 Å². The van der Waals surface area contributed by atoms with E-state index in [0.29, 0.717) is 23.2 Å². The molecule has 3 aliphatic rings. The number of fused-ring (bicyclic) bond motifs is 2. The molecular weight excluding hydrogens is 424 g/mol. The molecule has 0 bridgehead atoms. The Labute approximate surface area is 191 Å². The second kappa shape index (κ2) is 7.66. The van der Waals surface area contributed by atoms with Crippen molar-refractivity contribution in [1.82, 2.24) is 20.1 Å². The Balaban J connectivity index is 1.15. The minimum Gasteiger partial charge on any atom is -0.396 e. The van der Waals surface area contributed by atoms with Crippen LogP contribution in [0.25, 0.3) is 10.9 Å². The highest BCUT2D eigenvalue weighted by molar-refractivity contribution is 6.31. The van der Waals surface area contributed by atoms with E-state index in [1.165, 1.54) is 24.1 Å². The van der Waals surface area contributed by atoms with Crippen LogP contribution in [0.1, 0.15) is 48.6 Å². The second-order valence-corrected chi connectivity index (χ2v) is 9.77. The van der Waals surface area contributed by atoms with Crippen LogP contribution in [0, 0.1) is 5.92 Å². The first-order chi connectivity index (χ1) is 15.6. The van der Waals surface area contributed by atoms with Crippen LogP contribution in [0.3, 0.4) is 0 Å². The van der Waals surface area contributed by atoms with Gasteiger partial charge >= 0.3 is 0 Å². The van der Waals surface area contributed by atoms with E-state index in [0.717, 1.165) is 61.2 Å². The Bertz CT molecular complexity index is 1190. The Morgan fingerprint density at radius 2 is 1.97 bits per heavy atom. The first-order valence-corrected chi connectivity index (χ1v) is 11.9. The van der Waals surface area contributed by atoms with Crippen LogP contribution in [-0.4, -0.2) is 45.6 Å². The second-order valence-electron chi connectivity index (χ2n) is 9.33. The summed E-state index contributed by atoms with van der Waals surface area (Å²) in [6.45, 7) is 3.04. The van der Waals surface area contributed by atoms with Crippen molar-refractivity contribution in [3.05, 3.63) is 46.4 Å². The Morgan fingerprint density at radius 3 is 2.75 bits per heavy atom. The first-order valence-electron chi connectivity index (χ1n) is 11.5. The Hall–Kier alpha value is -2.80. The number of carbonyl (C=O) groups is 1. The molecule has 1 aliphatic carbocycles. The van der Waals surface area contributed by atoms with Crippen LogP contribution in [0.15, 0.2) is 24.4 Å². The van der Waals surface area contributed by atoms with Crippen molar-refractivity contribution in [1.29, 1.82) is 0 Å². The topological polar surface area (TPSA) is 91.1 Å². The lowest BCUT2D eigenvalue weighted by Gasteiger charge is -2.37. The molecule has 1 saturated carbocycles. The SMILES string of the molecule is Nc1cnc2ccc(Cl)cc2c1N1CCC(C(=O)N2CCc3c(C4CC4)n[nH]c3C2)CC1. The number of carbonyl (C=O) groups excluding carboxylic acids is 1. The monoisotopic (exact) mass is 450 g/mol. The first kappa shape index (κ1) is 19.9. The molecule has 0 spiro atoms. The summed E-state index contributed by atoms with van der Waals surface area (Å²) in [7, 11) is 0. The number of nitrogens with two attached hydrogens (primary N) is 1. The third kappa shape index (κ3) is 3.39. The van der Waals surface area contributed by atoms with E-state index in [1.807, 2.05) is 23.1 Å². The zero-order valence-electron chi connectivity index (χ0n) is 18.0. The van der Waals surface area contributed by atoms with Gasteiger partial charge in [0.1, 0.15) is 0 Å². The summed E-state index contributed by atoms with van der Waals surface area (Å²) in [6.07, 6.45) is 6.78. The molecule has 1 aromatic carbocycles. The van der Waals surface area contributed by atoms with Gasteiger partial charge in [-0.15, -0.1) is 0 Å². The number of pyridine rings is 1. The van der Waals surface area contributed by atoms with Gasteiger partial charge < -0.3 is 15.5 Å². The molecule has 2 aromatic heterocycles. The molecule has 8 heteroatoms. The number of nitrogens with one attached hydrogen (secondary N) is 1. The highest BCUT2D eigenvalue weighted by atomic mass is 35.5. The Morgan fingerprint density at radius 1 is 1.16 bits per heavy atom. The van der Waals surface area contributed by atoms with Gasteiger partial charge in [0.15, 0.2) is 0 Å². The zero-order chi connectivity index (χ0) is 21.8. The van der Waals surface area contributed by atoms with Crippen molar-refractivity contribution in [3.63, 3.8) is 0 Å². The van der Waals surface area contributed by atoms with Crippen molar-refractivity contribution in [2.75, 3.05) is 30.3 Å². The van der Waals surface area contributed by atoms with Gasteiger partial charge in [0, 0.05) is 47.4 Å². The molecular formula is C24H27ClN6O. The van der Waals surface area contributed by atoms with Crippen molar-refractivity contribution >= 4 is 39.8 Å². The molecule has 3 N–H and O–H groups in total. The summed E-state index contributed by atoms with van der Waals surface area (Å²) in [6, 6.07) is 5.70. The van der Waals surface area contributed by atoms with E-state index in [1.54, 1.807) is 6.20 Å². The predicted octanol–water partition coefficient (Wildman–Crippen LogP) is 3.87.